The van der Waals surface area contributed by atoms with Crippen molar-refractivity contribution in [3.05, 3.63) is 54.1 Å². The van der Waals surface area contributed by atoms with Crippen LogP contribution in [0.25, 0.3) is 0 Å². The van der Waals surface area contributed by atoms with Crippen LogP contribution < -0.4 is 10.0 Å². The zero-order chi connectivity index (χ0) is 20.9. The van der Waals surface area contributed by atoms with Crippen LogP contribution in [0.3, 0.4) is 0 Å². The van der Waals surface area contributed by atoms with E-state index in [-0.39, 0.29) is 16.2 Å². The zero-order valence-corrected chi connectivity index (χ0v) is 18.0. The second-order valence-corrected chi connectivity index (χ2v) is 11.3. The summed E-state index contributed by atoms with van der Waals surface area (Å²) in [6, 6.07) is 14.2. The second kappa shape index (κ2) is 7.12. The van der Waals surface area contributed by atoms with Gasteiger partial charge in [0.25, 0.3) is 10.0 Å². The van der Waals surface area contributed by atoms with E-state index in [1.165, 1.54) is 51.0 Å². The number of carbonyl (C=O) groups is 1. The lowest BCUT2D eigenvalue weighted by molar-refractivity contribution is -0.114. The maximum Gasteiger partial charge on any atom is 0.261 e. The summed E-state index contributed by atoms with van der Waals surface area (Å²) in [5.41, 5.74) is 2.68. The molecule has 6 heteroatoms. The third-order valence-electron chi connectivity index (χ3n) is 7.27. The highest BCUT2D eigenvalue weighted by molar-refractivity contribution is 7.92. The molecule has 5 nitrogen and oxygen atoms in total. The Morgan fingerprint density at radius 3 is 1.83 bits per heavy atom. The molecular formula is C24H28N2O3S. The molecule has 158 valence electrons. The van der Waals surface area contributed by atoms with E-state index in [2.05, 4.69) is 10.0 Å². The van der Waals surface area contributed by atoms with E-state index in [0.717, 1.165) is 17.8 Å². The van der Waals surface area contributed by atoms with Crippen molar-refractivity contribution in [3.63, 3.8) is 0 Å². The molecule has 0 aliphatic heterocycles. The van der Waals surface area contributed by atoms with Crippen LogP contribution >= 0.6 is 0 Å². The van der Waals surface area contributed by atoms with Crippen molar-refractivity contribution in [2.75, 3.05) is 10.0 Å². The molecule has 2 aromatic rings. The molecule has 4 aliphatic carbocycles. The topological polar surface area (TPSA) is 75.3 Å². The van der Waals surface area contributed by atoms with Gasteiger partial charge in [-0.25, -0.2) is 8.42 Å². The van der Waals surface area contributed by atoms with Crippen molar-refractivity contribution >= 4 is 27.3 Å². The number of carbonyl (C=O) groups excluding carboxylic acids is 1. The molecule has 2 N–H and O–H groups in total. The highest BCUT2D eigenvalue weighted by Gasteiger charge is 2.51. The number of nitrogens with one attached hydrogen (secondary N) is 2. The number of anilines is 2. The van der Waals surface area contributed by atoms with Crippen molar-refractivity contribution in [1.82, 2.24) is 0 Å². The molecule has 4 saturated carbocycles. The third kappa shape index (κ3) is 3.62. The Morgan fingerprint density at radius 2 is 1.33 bits per heavy atom. The van der Waals surface area contributed by atoms with E-state index in [1.807, 2.05) is 12.1 Å². The highest BCUT2D eigenvalue weighted by Crippen LogP contribution is 2.60. The van der Waals surface area contributed by atoms with Crippen molar-refractivity contribution < 1.29 is 13.2 Å². The Kier molecular flexibility index (Phi) is 4.65. The molecular weight excluding hydrogens is 396 g/mol. The van der Waals surface area contributed by atoms with Crippen molar-refractivity contribution in [1.29, 1.82) is 0 Å². The predicted molar refractivity (Wildman–Crippen MR) is 118 cm³/mol. The fraction of sp³-hybridized carbons (Fsp3) is 0.458. The molecule has 1 amide bonds. The number of hydrogen-bond donors (Lipinski definition) is 2. The fourth-order valence-electron chi connectivity index (χ4n) is 6.49. The van der Waals surface area contributed by atoms with Gasteiger partial charge in [0.2, 0.25) is 5.91 Å². The average Bonchev–Trinajstić information content (AvgIpc) is 2.68. The van der Waals surface area contributed by atoms with Gasteiger partial charge in [-0.2, -0.15) is 0 Å². The first-order valence-corrected chi connectivity index (χ1v) is 12.3. The van der Waals surface area contributed by atoms with Gasteiger partial charge in [0.05, 0.1) is 4.90 Å². The van der Waals surface area contributed by atoms with Gasteiger partial charge in [-0.15, -0.1) is 0 Å². The SMILES string of the molecule is CC(=O)Nc1ccc(NS(=O)(=O)c2ccc(C34CC5CC(CC(C5)C3)C4)cc2)cc1. The molecule has 0 unspecified atom stereocenters. The Balaban J connectivity index is 1.33. The molecule has 4 aliphatic rings. The van der Waals surface area contributed by atoms with E-state index in [4.69, 9.17) is 0 Å². The summed E-state index contributed by atoms with van der Waals surface area (Å²) in [6.45, 7) is 1.43. The lowest BCUT2D eigenvalue weighted by Gasteiger charge is -2.57. The predicted octanol–water partition coefficient (Wildman–Crippen LogP) is 4.91. The molecule has 0 spiro atoms. The zero-order valence-electron chi connectivity index (χ0n) is 17.2. The van der Waals surface area contributed by atoms with Gasteiger partial charge >= 0.3 is 0 Å². The van der Waals surface area contributed by atoms with Crippen molar-refractivity contribution in [3.8, 4) is 0 Å². The van der Waals surface area contributed by atoms with Crippen LogP contribution in [0.4, 0.5) is 11.4 Å². The van der Waals surface area contributed by atoms with E-state index in [0.29, 0.717) is 11.4 Å². The minimum atomic E-state index is -3.66. The van der Waals surface area contributed by atoms with Gasteiger partial charge in [-0.1, -0.05) is 12.1 Å². The van der Waals surface area contributed by atoms with Gasteiger partial charge in [0.1, 0.15) is 0 Å². The fourth-order valence-corrected chi connectivity index (χ4v) is 7.55. The first-order chi connectivity index (χ1) is 14.3. The van der Waals surface area contributed by atoms with E-state index < -0.39 is 10.0 Å². The Bertz CT molecular complexity index is 1020. The smallest absolute Gasteiger partial charge is 0.261 e. The van der Waals surface area contributed by atoms with Gasteiger partial charge in [-0.3, -0.25) is 9.52 Å². The summed E-state index contributed by atoms with van der Waals surface area (Å²) in [4.78, 5) is 11.4. The standard InChI is InChI=1S/C24H28N2O3S/c1-16(27)25-21-4-6-22(7-5-21)26-30(28,29)23-8-2-20(3-9-23)24-13-17-10-18(14-24)12-19(11-17)15-24/h2-9,17-19,26H,10-15H2,1H3,(H,25,27). The third-order valence-corrected chi connectivity index (χ3v) is 8.67. The van der Waals surface area contributed by atoms with Crippen LogP contribution in [0.1, 0.15) is 51.0 Å². The van der Waals surface area contributed by atoms with E-state index in [9.17, 15) is 13.2 Å². The molecule has 0 heterocycles. The minimum Gasteiger partial charge on any atom is -0.326 e. The van der Waals surface area contributed by atoms with Crippen molar-refractivity contribution in [2.24, 2.45) is 17.8 Å². The Morgan fingerprint density at radius 1 is 0.833 bits per heavy atom. The largest absolute Gasteiger partial charge is 0.326 e. The summed E-state index contributed by atoms with van der Waals surface area (Å²) in [6.07, 6.45) is 8.00. The molecule has 0 atom stereocenters. The summed E-state index contributed by atoms with van der Waals surface area (Å²) >= 11 is 0. The molecule has 0 radical (unpaired) electrons. The molecule has 30 heavy (non-hydrogen) atoms. The molecule has 4 fully saturated rings. The number of sulfonamides is 1. The van der Waals surface area contributed by atoms with Gasteiger partial charge in [-0.05, 0) is 104 Å². The monoisotopic (exact) mass is 424 g/mol. The van der Waals surface area contributed by atoms with Crippen molar-refractivity contribution in [2.45, 2.75) is 55.8 Å². The molecule has 6 rings (SSSR count). The minimum absolute atomic E-state index is 0.164. The highest BCUT2D eigenvalue weighted by atomic mass is 32.2. The van der Waals surface area contributed by atoms with Gasteiger partial charge < -0.3 is 5.32 Å². The number of hydrogen-bond acceptors (Lipinski definition) is 3. The molecule has 0 aromatic heterocycles. The van der Waals surface area contributed by atoms with Gasteiger partial charge in [0.15, 0.2) is 0 Å². The normalized spacial score (nSPS) is 29.6. The second-order valence-electron chi connectivity index (χ2n) is 9.59. The lowest BCUT2D eigenvalue weighted by Crippen LogP contribution is -2.48. The van der Waals surface area contributed by atoms with Crippen LogP contribution in [0.15, 0.2) is 53.4 Å². The number of benzene rings is 2. The molecule has 2 aromatic carbocycles. The average molecular weight is 425 g/mol. The number of rotatable bonds is 5. The van der Waals surface area contributed by atoms with Crippen LogP contribution in [0.5, 0.6) is 0 Å². The van der Waals surface area contributed by atoms with Crippen LogP contribution in [0.2, 0.25) is 0 Å². The van der Waals surface area contributed by atoms with Crippen LogP contribution in [-0.4, -0.2) is 14.3 Å². The van der Waals surface area contributed by atoms with Crippen LogP contribution in [0, 0.1) is 17.8 Å². The quantitative estimate of drug-likeness (QED) is 0.716. The number of amides is 1. The van der Waals surface area contributed by atoms with Crippen LogP contribution in [-0.2, 0) is 20.2 Å². The molecule has 0 saturated heterocycles. The first-order valence-electron chi connectivity index (χ1n) is 10.8. The van der Waals surface area contributed by atoms with E-state index in [1.54, 1.807) is 36.4 Å². The summed E-state index contributed by atoms with van der Waals surface area (Å²) in [7, 11) is -3.66. The summed E-state index contributed by atoms with van der Waals surface area (Å²) in [5, 5.41) is 2.67. The van der Waals surface area contributed by atoms with Gasteiger partial charge in [0, 0.05) is 18.3 Å². The maximum absolute atomic E-state index is 12.8. The Labute approximate surface area is 178 Å². The molecule has 4 bridgehead atoms. The van der Waals surface area contributed by atoms with E-state index >= 15 is 0 Å². The summed E-state index contributed by atoms with van der Waals surface area (Å²) < 4.78 is 28.3. The first kappa shape index (κ1) is 19.6. The maximum atomic E-state index is 12.8. The summed E-state index contributed by atoms with van der Waals surface area (Å²) in [5.74, 6) is 2.42. The lowest BCUT2D eigenvalue weighted by atomic mass is 9.48. The Hall–Kier alpha value is -2.34.